The van der Waals surface area contributed by atoms with Crippen molar-refractivity contribution in [2.24, 2.45) is 15.3 Å². The molecule has 1 amide bonds. The largest absolute Gasteiger partial charge is 0.460 e. The molecule has 1 N–H and O–H groups in total. The second-order valence-corrected chi connectivity index (χ2v) is 3.75. The minimum atomic E-state index is -0.872. The lowest BCUT2D eigenvalue weighted by Crippen LogP contribution is -2.38. The highest BCUT2D eigenvalue weighted by atomic mass is 35.5. The first-order valence-electron chi connectivity index (χ1n) is 4.81. The highest BCUT2D eigenvalue weighted by Gasteiger charge is 2.23. The number of nitrogens with zero attached hydrogens (tertiary/aromatic N) is 3. The Morgan fingerprint density at radius 2 is 2.41 bits per heavy atom. The van der Waals surface area contributed by atoms with E-state index in [1.165, 1.54) is 12.4 Å². The van der Waals surface area contributed by atoms with Crippen LogP contribution in [0.2, 0.25) is 0 Å². The molecule has 88 valence electrons. The summed E-state index contributed by atoms with van der Waals surface area (Å²) >= 11 is 5.79. The Morgan fingerprint density at radius 3 is 3.12 bits per heavy atom. The van der Waals surface area contributed by atoms with E-state index in [-0.39, 0.29) is 5.71 Å². The Bertz CT molecular complexity index is 518. The van der Waals surface area contributed by atoms with E-state index < -0.39 is 11.3 Å². The van der Waals surface area contributed by atoms with Crippen LogP contribution in [-0.4, -0.2) is 29.4 Å². The van der Waals surface area contributed by atoms with Crippen molar-refractivity contribution in [1.29, 1.82) is 0 Å². The van der Waals surface area contributed by atoms with Crippen LogP contribution in [0, 0.1) is 6.92 Å². The van der Waals surface area contributed by atoms with E-state index in [4.69, 9.17) is 16.0 Å². The molecule has 0 radical (unpaired) electrons. The van der Waals surface area contributed by atoms with E-state index in [0.29, 0.717) is 5.76 Å². The van der Waals surface area contributed by atoms with Crippen LogP contribution in [0.15, 0.2) is 31.9 Å². The number of hydrogen-bond donors (Lipinski definition) is 1. The molecule has 0 saturated carbocycles. The number of hydrazone groups is 1. The van der Waals surface area contributed by atoms with Crippen molar-refractivity contribution in [3.8, 4) is 0 Å². The second kappa shape index (κ2) is 4.92. The van der Waals surface area contributed by atoms with Crippen molar-refractivity contribution in [2.45, 2.75) is 12.3 Å². The fourth-order valence-electron chi connectivity index (χ4n) is 1.17. The molecule has 1 aliphatic heterocycles. The highest BCUT2D eigenvalue weighted by Crippen LogP contribution is 2.05. The minimum Gasteiger partial charge on any atom is -0.460 e. The van der Waals surface area contributed by atoms with Gasteiger partial charge in [-0.1, -0.05) is 0 Å². The van der Waals surface area contributed by atoms with Crippen molar-refractivity contribution in [3.05, 3.63) is 23.7 Å². The number of nitrogens with one attached hydrogen (secondary N) is 1. The third-order valence-corrected chi connectivity index (χ3v) is 2.40. The van der Waals surface area contributed by atoms with Crippen molar-refractivity contribution >= 4 is 35.6 Å². The molecule has 1 atom stereocenters. The molecule has 7 heteroatoms. The Kier molecular flexibility index (Phi) is 3.34. The van der Waals surface area contributed by atoms with Crippen molar-refractivity contribution in [1.82, 2.24) is 5.43 Å². The first-order chi connectivity index (χ1) is 8.16. The van der Waals surface area contributed by atoms with Gasteiger partial charge in [-0.2, -0.15) is 15.3 Å². The van der Waals surface area contributed by atoms with Gasteiger partial charge in [-0.3, -0.25) is 4.79 Å². The third kappa shape index (κ3) is 2.79. The zero-order chi connectivity index (χ0) is 12.3. The Balaban J connectivity index is 2.10. The van der Waals surface area contributed by atoms with Gasteiger partial charge in [-0.15, -0.1) is 11.6 Å². The van der Waals surface area contributed by atoms with E-state index in [1.54, 1.807) is 6.07 Å². The molecule has 1 aliphatic rings. The van der Waals surface area contributed by atoms with E-state index in [1.807, 2.05) is 13.0 Å². The Morgan fingerprint density at radius 1 is 1.59 bits per heavy atom. The molecular formula is C10H9ClN4O2. The molecule has 1 aromatic rings. The van der Waals surface area contributed by atoms with Crippen molar-refractivity contribution in [2.75, 3.05) is 0 Å². The van der Waals surface area contributed by atoms with Crippen LogP contribution in [0.1, 0.15) is 11.5 Å². The second-order valence-electron chi connectivity index (χ2n) is 3.31. The van der Waals surface area contributed by atoms with E-state index in [9.17, 15) is 4.79 Å². The van der Waals surface area contributed by atoms with E-state index >= 15 is 0 Å². The number of alkyl halides is 1. The maximum atomic E-state index is 11.1. The monoisotopic (exact) mass is 252 g/mol. The maximum Gasteiger partial charge on any atom is 0.264 e. The molecule has 0 aliphatic carbocycles. The first-order valence-corrected chi connectivity index (χ1v) is 5.25. The average Bonchev–Trinajstić information content (AvgIpc) is 2.70. The summed E-state index contributed by atoms with van der Waals surface area (Å²) in [6.07, 6.45) is 2.79. The summed E-state index contributed by atoms with van der Waals surface area (Å²) in [5.41, 5.74) is 2.51. The molecule has 2 rings (SSSR count). The molecule has 6 nitrogen and oxygen atoms in total. The maximum absolute atomic E-state index is 11.1. The van der Waals surface area contributed by atoms with Gasteiger partial charge in [0, 0.05) is 0 Å². The number of halogens is 1. The van der Waals surface area contributed by atoms with Gasteiger partial charge in [-0.25, -0.2) is 5.43 Å². The minimum absolute atomic E-state index is 0.287. The fraction of sp³-hybridized carbons (Fsp3) is 0.200. The summed E-state index contributed by atoms with van der Waals surface area (Å²) in [5, 5.41) is 10.3. The van der Waals surface area contributed by atoms with Crippen molar-refractivity contribution < 1.29 is 9.21 Å². The molecule has 0 fully saturated rings. The summed E-state index contributed by atoms with van der Waals surface area (Å²) in [4.78, 5) is 11.1. The molecule has 17 heavy (non-hydrogen) atoms. The Hall–Kier alpha value is -1.95. The highest BCUT2D eigenvalue weighted by molar-refractivity contribution is 6.54. The SMILES string of the molecule is Cc1ccc(/C=N\N=C2\C=NNC(=O)C2Cl)o1. The van der Waals surface area contributed by atoms with Gasteiger partial charge >= 0.3 is 0 Å². The lowest BCUT2D eigenvalue weighted by atomic mass is 10.2. The standard InChI is InChI=1S/C10H9ClN4O2/c1-6-2-3-7(17-6)4-12-14-8-5-13-15-10(16)9(8)11/h2-5,9H,1H3,(H,15,16)/b12-4-,14-8-. The predicted molar refractivity (Wildman–Crippen MR) is 64.7 cm³/mol. The summed E-state index contributed by atoms with van der Waals surface area (Å²) in [6.45, 7) is 1.83. The number of carbonyl (C=O) groups is 1. The van der Waals surface area contributed by atoms with Crippen LogP contribution in [0.3, 0.4) is 0 Å². The molecular weight excluding hydrogens is 244 g/mol. The van der Waals surface area contributed by atoms with Gasteiger partial charge in [-0.05, 0) is 19.1 Å². The number of furan rings is 1. The normalized spacial score (nSPS) is 22.4. The van der Waals surface area contributed by atoms with Crippen LogP contribution >= 0.6 is 11.6 Å². The zero-order valence-corrected chi connectivity index (χ0v) is 9.68. The summed E-state index contributed by atoms with van der Waals surface area (Å²) in [7, 11) is 0. The number of aryl methyl sites for hydroxylation is 1. The lowest BCUT2D eigenvalue weighted by molar-refractivity contribution is -0.119. The fourth-order valence-corrected chi connectivity index (χ4v) is 1.32. The molecule has 0 bridgehead atoms. The van der Waals surface area contributed by atoms with Gasteiger partial charge in [0.1, 0.15) is 17.2 Å². The summed E-state index contributed by atoms with van der Waals surface area (Å²) in [6, 6.07) is 3.58. The van der Waals surface area contributed by atoms with Crippen LogP contribution in [0.5, 0.6) is 0 Å². The number of hydrogen-bond acceptors (Lipinski definition) is 5. The van der Waals surface area contributed by atoms with Crippen LogP contribution < -0.4 is 5.43 Å². The van der Waals surface area contributed by atoms with Gasteiger partial charge in [0.05, 0.1) is 12.4 Å². The van der Waals surface area contributed by atoms with Gasteiger partial charge in [0.15, 0.2) is 5.38 Å². The smallest absolute Gasteiger partial charge is 0.264 e. The molecule has 1 aromatic heterocycles. The lowest BCUT2D eigenvalue weighted by Gasteiger charge is -2.10. The van der Waals surface area contributed by atoms with Gasteiger partial charge < -0.3 is 4.42 Å². The summed E-state index contributed by atoms with van der Waals surface area (Å²) in [5.74, 6) is 0.945. The summed E-state index contributed by atoms with van der Waals surface area (Å²) < 4.78 is 5.26. The zero-order valence-electron chi connectivity index (χ0n) is 8.92. The molecule has 0 aromatic carbocycles. The predicted octanol–water partition coefficient (Wildman–Crippen LogP) is 1.09. The van der Waals surface area contributed by atoms with Gasteiger partial charge in [0.25, 0.3) is 5.91 Å². The van der Waals surface area contributed by atoms with Crippen LogP contribution in [0.4, 0.5) is 0 Å². The number of amides is 1. The molecule has 1 unspecified atom stereocenters. The first kappa shape index (κ1) is 11.5. The average molecular weight is 253 g/mol. The molecule has 0 spiro atoms. The Labute approximate surface area is 102 Å². The number of carbonyl (C=O) groups excluding carboxylic acids is 1. The van der Waals surface area contributed by atoms with Gasteiger partial charge in [0.2, 0.25) is 0 Å². The third-order valence-electron chi connectivity index (χ3n) is 1.98. The van der Waals surface area contributed by atoms with Crippen LogP contribution in [-0.2, 0) is 4.79 Å². The molecule has 0 saturated heterocycles. The number of rotatable bonds is 2. The topological polar surface area (TPSA) is 79.3 Å². The van der Waals surface area contributed by atoms with Crippen molar-refractivity contribution in [3.63, 3.8) is 0 Å². The quantitative estimate of drug-likeness (QED) is 0.486. The van der Waals surface area contributed by atoms with E-state index in [0.717, 1.165) is 5.76 Å². The van der Waals surface area contributed by atoms with Crippen LogP contribution in [0.25, 0.3) is 0 Å². The van der Waals surface area contributed by atoms with E-state index in [2.05, 4.69) is 20.7 Å². The molecule has 2 heterocycles.